The van der Waals surface area contributed by atoms with Crippen molar-refractivity contribution >= 4 is 13.9 Å². The van der Waals surface area contributed by atoms with Crippen LogP contribution in [0.15, 0.2) is 24.4 Å². The summed E-state index contributed by atoms with van der Waals surface area (Å²) in [5.74, 6) is 0.0568. The predicted octanol–water partition coefficient (Wildman–Crippen LogP) is 8.45. The van der Waals surface area contributed by atoms with E-state index in [1.807, 2.05) is 0 Å². The smallest absolute Gasteiger partial charge is 0.410 e. The Morgan fingerprint density at radius 1 is 1.07 bits per heavy atom. The molecule has 246 valence electrons. The van der Waals surface area contributed by atoms with Crippen molar-refractivity contribution in [1.29, 1.82) is 0 Å². The molecule has 45 heavy (non-hydrogen) atoms. The van der Waals surface area contributed by atoms with Gasteiger partial charge in [-0.05, 0) is 91.8 Å². The quantitative estimate of drug-likeness (QED) is 0.318. The highest BCUT2D eigenvalue weighted by Crippen LogP contribution is 2.58. The van der Waals surface area contributed by atoms with Crippen LogP contribution in [0.4, 0.5) is 13.2 Å². The molecule has 1 N–H and O–H groups in total. The molecule has 2 aliphatic heterocycles. The van der Waals surface area contributed by atoms with Crippen molar-refractivity contribution in [2.75, 3.05) is 26.4 Å². The van der Waals surface area contributed by atoms with E-state index < -0.39 is 26.2 Å². The molecule has 0 radical (unpaired) electrons. The Kier molecular flexibility index (Phi) is 8.87. The minimum absolute atomic E-state index is 0.00252. The summed E-state index contributed by atoms with van der Waals surface area (Å²) in [4.78, 5) is 9.64. The Hall–Kier alpha value is -2.11. The third-order valence-electron chi connectivity index (χ3n) is 11.1. The molecule has 0 aromatic carbocycles. The third kappa shape index (κ3) is 6.42. The Balaban J connectivity index is 1.59. The number of aromatic nitrogens is 2. The van der Waals surface area contributed by atoms with Crippen molar-refractivity contribution in [3.63, 3.8) is 0 Å². The first-order valence-corrected chi connectivity index (χ1v) is 19.4. The van der Waals surface area contributed by atoms with E-state index in [4.69, 9.17) is 18.9 Å². The van der Waals surface area contributed by atoms with Crippen LogP contribution in [0.1, 0.15) is 123 Å². The summed E-state index contributed by atoms with van der Waals surface area (Å²) in [6, 6.07) is 2.30. The zero-order valence-corrected chi connectivity index (χ0v) is 28.2. The monoisotopic (exact) mass is 644 g/mol. The second-order valence-corrected chi connectivity index (χ2v) is 19.8. The van der Waals surface area contributed by atoms with E-state index in [0.29, 0.717) is 38.4 Å². The lowest BCUT2D eigenvalue weighted by Gasteiger charge is -2.51. The predicted molar refractivity (Wildman–Crippen MR) is 169 cm³/mol. The molecule has 2 aromatic heterocycles. The fourth-order valence-corrected chi connectivity index (χ4v) is 8.59. The second-order valence-electron chi connectivity index (χ2n) is 15.1. The van der Waals surface area contributed by atoms with E-state index in [1.165, 1.54) is 12.5 Å². The molecule has 1 saturated heterocycles. The molecular weight excluding hydrogens is 597 g/mol. The van der Waals surface area contributed by atoms with Gasteiger partial charge in [0.15, 0.2) is 8.32 Å². The SMILES string of the molecule is CC(C)(C)[Si](C)(C)O[C@H]1CC2(CCC2)Cc2nc(C3CCOCC3)c(C(O)c3ccc(C(F)(F)F)cn3)c(C3=CCOCC3)c21. The average molecular weight is 645 g/mol. The molecule has 1 spiro atoms. The van der Waals surface area contributed by atoms with E-state index >= 15 is 0 Å². The second kappa shape index (κ2) is 12.2. The summed E-state index contributed by atoms with van der Waals surface area (Å²) >= 11 is 0. The molecule has 4 heterocycles. The number of nitrogens with zero attached hydrogens (tertiary/aromatic N) is 2. The van der Waals surface area contributed by atoms with Gasteiger partial charge >= 0.3 is 6.18 Å². The molecule has 6 rings (SSSR count). The standard InChI is InChI=1S/C35H47F3N2O4Si/c1-33(2,3)45(4,5)44-27-20-34(13-6-14-34)19-26-29(27)28(22-9-15-42-16-10-22)30(31(40-26)23-11-17-43-18-12-23)32(41)25-8-7-24(21-39-25)35(36,37)38/h7-9,21,23,27,32,41H,6,10-20H2,1-5H3/t27-,32?/m0/s1. The number of ether oxygens (including phenoxy) is 2. The van der Waals surface area contributed by atoms with Gasteiger partial charge in [0.25, 0.3) is 0 Å². The number of hydrogen-bond donors (Lipinski definition) is 1. The Morgan fingerprint density at radius 2 is 1.80 bits per heavy atom. The summed E-state index contributed by atoms with van der Waals surface area (Å²) in [6.45, 7) is 13.5. The van der Waals surface area contributed by atoms with Gasteiger partial charge in [-0.1, -0.05) is 33.3 Å². The number of hydrogen-bond acceptors (Lipinski definition) is 6. The zero-order valence-electron chi connectivity index (χ0n) is 27.2. The van der Waals surface area contributed by atoms with Crippen LogP contribution in [-0.2, 0) is 26.5 Å². The van der Waals surface area contributed by atoms with Crippen LogP contribution in [0.2, 0.25) is 18.1 Å². The molecule has 0 bridgehead atoms. The van der Waals surface area contributed by atoms with E-state index in [1.54, 1.807) is 0 Å². The molecule has 2 atom stereocenters. The lowest BCUT2D eigenvalue weighted by molar-refractivity contribution is -0.137. The summed E-state index contributed by atoms with van der Waals surface area (Å²) in [5, 5.41) is 12.2. The maximum absolute atomic E-state index is 13.5. The van der Waals surface area contributed by atoms with Crippen molar-refractivity contribution in [3.05, 3.63) is 63.7 Å². The number of aliphatic hydroxyl groups excluding tert-OH is 1. The topological polar surface area (TPSA) is 73.7 Å². The van der Waals surface area contributed by atoms with Gasteiger partial charge in [0.05, 0.1) is 36.3 Å². The summed E-state index contributed by atoms with van der Waals surface area (Å²) in [6.07, 6.45) is 4.47. The summed E-state index contributed by atoms with van der Waals surface area (Å²) < 4.78 is 59.1. The molecule has 2 aliphatic carbocycles. The van der Waals surface area contributed by atoms with Crippen molar-refractivity contribution in [2.24, 2.45) is 5.41 Å². The van der Waals surface area contributed by atoms with Crippen molar-refractivity contribution in [1.82, 2.24) is 9.97 Å². The molecule has 4 aliphatic rings. The maximum atomic E-state index is 13.5. The maximum Gasteiger partial charge on any atom is 0.417 e. The highest BCUT2D eigenvalue weighted by atomic mass is 28.4. The largest absolute Gasteiger partial charge is 0.417 e. The lowest BCUT2D eigenvalue weighted by atomic mass is 9.59. The highest BCUT2D eigenvalue weighted by Gasteiger charge is 2.50. The van der Waals surface area contributed by atoms with Crippen LogP contribution in [0.25, 0.3) is 5.57 Å². The number of alkyl halides is 3. The first kappa shape index (κ1) is 32.8. The molecule has 6 nitrogen and oxygen atoms in total. The van der Waals surface area contributed by atoms with Gasteiger partial charge in [0.1, 0.15) is 6.10 Å². The fraction of sp³-hybridized carbons (Fsp3) is 0.657. The van der Waals surface area contributed by atoms with Gasteiger partial charge in [-0.2, -0.15) is 13.2 Å². The Morgan fingerprint density at radius 3 is 2.36 bits per heavy atom. The van der Waals surface area contributed by atoms with Gasteiger partial charge in [0, 0.05) is 42.1 Å². The van der Waals surface area contributed by atoms with E-state index in [0.717, 1.165) is 78.9 Å². The molecular formula is C35H47F3N2O4Si. The number of rotatable bonds is 6. The van der Waals surface area contributed by atoms with E-state index in [9.17, 15) is 18.3 Å². The highest BCUT2D eigenvalue weighted by molar-refractivity contribution is 6.74. The first-order chi connectivity index (χ1) is 21.2. The van der Waals surface area contributed by atoms with E-state index in [2.05, 4.69) is 44.9 Å². The first-order valence-electron chi connectivity index (χ1n) is 16.5. The van der Waals surface area contributed by atoms with E-state index in [-0.39, 0.29) is 28.2 Å². The van der Waals surface area contributed by atoms with Crippen molar-refractivity contribution < 1.29 is 32.2 Å². The van der Waals surface area contributed by atoms with Crippen LogP contribution in [0.3, 0.4) is 0 Å². The van der Waals surface area contributed by atoms with Gasteiger partial charge in [0.2, 0.25) is 0 Å². The number of pyridine rings is 2. The third-order valence-corrected chi connectivity index (χ3v) is 15.6. The fourth-order valence-electron chi connectivity index (χ4n) is 7.32. The molecule has 2 aromatic rings. The molecule has 2 fully saturated rings. The molecule has 0 amide bonds. The van der Waals surface area contributed by atoms with Crippen molar-refractivity contribution in [2.45, 2.75) is 115 Å². The van der Waals surface area contributed by atoms with Gasteiger partial charge in [-0.3, -0.25) is 9.97 Å². The average Bonchev–Trinajstić information content (AvgIpc) is 2.98. The van der Waals surface area contributed by atoms with Crippen LogP contribution in [0.5, 0.6) is 0 Å². The molecule has 10 heteroatoms. The van der Waals surface area contributed by atoms with Crippen LogP contribution in [-0.4, -0.2) is 49.8 Å². The Bertz CT molecular complexity index is 1420. The number of fused-ring (bicyclic) bond motifs is 1. The minimum Gasteiger partial charge on any atom is -0.410 e. The van der Waals surface area contributed by atoms with Gasteiger partial charge in [-0.25, -0.2) is 0 Å². The minimum atomic E-state index is -4.51. The normalized spacial score (nSPS) is 23.3. The van der Waals surface area contributed by atoms with Crippen molar-refractivity contribution in [3.8, 4) is 0 Å². The van der Waals surface area contributed by atoms with Crippen LogP contribution < -0.4 is 0 Å². The Labute approximate surface area is 265 Å². The van der Waals surface area contributed by atoms with Gasteiger partial charge in [-0.15, -0.1) is 0 Å². The lowest BCUT2D eigenvalue weighted by Crippen LogP contribution is -2.46. The summed E-state index contributed by atoms with van der Waals surface area (Å²) in [5.41, 5.74) is 5.15. The summed E-state index contributed by atoms with van der Waals surface area (Å²) in [7, 11) is -2.23. The van der Waals surface area contributed by atoms with Gasteiger partial charge < -0.3 is 19.0 Å². The molecule has 1 saturated carbocycles. The number of halogens is 3. The van der Waals surface area contributed by atoms with Crippen LogP contribution >= 0.6 is 0 Å². The van der Waals surface area contributed by atoms with Crippen LogP contribution in [0, 0.1) is 5.41 Å². The number of aliphatic hydroxyl groups is 1. The zero-order chi connectivity index (χ0) is 32.2. The molecule has 1 unspecified atom stereocenters.